The van der Waals surface area contributed by atoms with Crippen LogP contribution in [0.4, 0.5) is 5.69 Å². The van der Waals surface area contributed by atoms with E-state index in [0.717, 1.165) is 12.1 Å². The first-order chi connectivity index (χ1) is 8.42. The van der Waals surface area contributed by atoms with Crippen LogP contribution in [0, 0.1) is 0 Å². The van der Waals surface area contributed by atoms with Gasteiger partial charge in [-0.3, -0.25) is 0 Å². The lowest BCUT2D eigenvalue weighted by molar-refractivity contribution is 0.581. The highest BCUT2D eigenvalue weighted by Crippen LogP contribution is 2.32. The van der Waals surface area contributed by atoms with Crippen LogP contribution in [-0.2, 0) is 20.0 Å². The molecule has 1 aromatic carbocycles. The van der Waals surface area contributed by atoms with E-state index in [1.54, 1.807) is 4.72 Å². The van der Waals surface area contributed by atoms with Crippen molar-refractivity contribution in [1.29, 1.82) is 0 Å². The lowest BCUT2D eigenvalue weighted by atomic mass is 10.3. The summed E-state index contributed by atoms with van der Waals surface area (Å²) >= 11 is 5.70. The zero-order chi connectivity index (χ0) is 14.6. The number of halogens is 1. The molecular formula is C7H8ClN3O4S2. The zero-order valence-electron chi connectivity index (χ0n) is 10.1. The molecule has 0 unspecified atom stereocenters. The molecule has 0 spiro atoms. The lowest BCUT2D eigenvalue weighted by Gasteiger charge is -2.20. The highest BCUT2D eigenvalue weighted by molar-refractivity contribution is 7.90. The molecular weight excluding hydrogens is 292 g/mol. The maximum absolute atomic E-state index is 11.8. The summed E-state index contributed by atoms with van der Waals surface area (Å²) in [6.07, 6.45) is 0. The number of benzene rings is 1. The average Bonchev–Trinajstić information content (AvgIpc) is 2.10. The van der Waals surface area contributed by atoms with Crippen molar-refractivity contribution in [1.82, 2.24) is 4.72 Å². The van der Waals surface area contributed by atoms with Gasteiger partial charge in [-0.05, 0) is 12.1 Å². The molecule has 2 rings (SSSR count). The Labute approximate surface area is 106 Å². The minimum Gasteiger partial charge on any atom is -0.370 e. The minimum atomic E-state index is -4.22. The van der Waals surface area contributed by atoms with E-state index >= 15 is 0 Å². The van der Waals surface area contributed by atoms with E-state index < -0.39 is 36.5 Å². The largest absolute Gasteiger partial charge is 0.370 e. The van der Waals surface area contributed by atoms with Gasteiger partial charge in [0.2, 0.25) is 20.0 Å². The van der Waals surface area contributed by atoms with Crippen LogP contribution < -0.4 is 15.2 Å². The molecule has 1 aliphatic rings. The summed E-state index contributed by atoms with van der Waals surface area (Å²) in [6.45, 7) is -2.40. The summed E-state index contributed by atoms with van der Waals surface area (Å²) in [5.41, 5.74) is -0.152. The summed E-state index contributed by atoms with van der Waals surface area (Å²) in [4.78, 5) is -1.00. The van der Waals surface area contributed by atoms with Crippen LogP contribution in [-0.4, -0.2) is 23.5 Å². The van der Waals surface area contributed by atoms with Crippen LogP contribution in [0.3, 0.4) is 0 Å². The standard InChI is InChI=1S/C7H8ClN3O4S2/c8-4-1-5-7(2-6(4)16(9,12)13)17(14,15)11-3-10-5/h1-2,10-11H,3H2,(H2,9,12,13)/i3D2,9+1,11+1. The maximum Gasteiger partial charge on any atom is 0.244 e. The molecule has 1 heterocycles. The van der Waals surface area contributed by atoms with Crippen molar-refractivity contribution in [2.75, 3.05) is 11.9 Å². The molecule has 0 radical (unpaired) electrons. The van der Waals surface area contributed by atoms with Crippen LogP contribution in [0.25, 0.3) is 0 Å². The number of nitrogens with two attached hydrogens (primary N) is 1. The van der Waals surface area contributed by atoms with Crippen LogP contribution in [0.1, 0.15) is 2.74 Å². The predicted molar refractivity (Wildman–Crippen MR) is 61.6 cm³/mol. The van der Waals surface area contributed by atoms with Crippen molar-refractivity contribution in [3.8, 4) is 0 Å². The first-order valence-corrected chi connectivity index (χ1v) is 7.52. The molecule has 94 valence electrons. The number of sulfonamides is 2. The molecule has 0 aromatic heterocycles. The van der Waals surface area contributed by atoms with Gasteiger partial charge in [0.05, 0.1) is 20.1 Å². The number of anilines is 1. The van der Waals surface area contributed by atoms with Crippen molar-refractivity contribution >= 4 is 37.3 Å². The van der Waals surface area contributed by atoms with E-state index in [-0.39, 0.29) is 10.7 Å². The second kappa shape index (κ2) is 3.82. The molecule has 0 saturated carbocycles. The van der Waals surface area contributed by atoms with E-state index in [1.807, 2.05) is 0 Å². The van der Waals surface area contributed by atoms with Crippen LogP contribution in [0.2, 0.25) is 5.02 Å². The molecule has 1 aliphatic heterocycles. The summed E-state index contributed by atoms with van der Waals surface area (Å²) in [6, 6.07) is 1.77. The average molecular weight is 302 g/mol. The van der Waals surface area contributed by atoms with E-state index in [0.29, 0.717) is 0 Å². The molecule has 7 nitrogen and oxygen atoms in total. The molecule has 1 aromatic rings. The van der Waals surface area contributed by atoms with Crippen LogP contribution in [0.5, 0.6) is 0 Å². The van der Waals surface area contributed by atoms with Gasteiger partial charge < -0.3 is 5.32 Å². The third-order valence-corrected chi connectivity index (χ3v) is 4.68. The molecule has 0 saturated heterocycles. The molecule has 4 N–H and O–H groups in total. The van der Waals surface area contributed by atoms with Gasteiger partial charge in [-0.15, -0.1) is 0 Å². The molecule has 17 heavy (non-hydrogen) atoms. The Morgan fingerprint density at radius 1 is 1.47 bits per heavy atom. The Bertz CT molecular complexity index is 763. The predicted octanol–water partition coefficient (Wildman–Crippen LogP) is -0.351. The van der Waals surface area contributed by atoms with Crippen molar-refractivity contribution in [2.24, 2.45) is 5.14 Å². The third kappa shape index (κ3) is 2.24. The number of primary sulfonamides is 1. The van der Waals surface area contributed by atoms with Gasteiger partial charge in [0.15, 0.2) is 0 Å². The highest BCUT2D eigenvalue weighted by Gasteiger charge is 2.26. The highest BCUT2D eigenvalue weighted by atomic mass is 35.5. The van der Waals surface area contributed by atoms with Crippen molar-refractivity contribution in [2.45, 2.75) is 9.79 Å². The lowest BCUT2D eigenvalue weighted by Crippen LogP contribution is -2.34. The molecule has 0 aliphatic carbocycles. The van der Waals surface area contributed by atoms with Gasteiger partial charge in [-0.2, -0.15) is 4.72 Å². The number of hydrogen-bond acceptors (Lipinski definition) is 5. The molecule has 0 fully saturated rings. The summed E-state index contributed by atoms with van der Waals surface area (Å²) < 4.78 is 62.5. The topological polar surface area (TPSA) is 118 Å². The summed E-state index contributed by atoms with van der Waals surface area (Å²) in [7, 11) is -8.41. The quantitative estimate of drug-likeness (QED) is 0.613. The second-order valence-electron chi connectivity index (χ2n) is 3.18. The van der Waals surface area contributed by atoms with Crippen molar-refractivity contribution in [3.05, 3.63) is 17.2 Å². The first-order valence-electron chi connectivity index (χ1n) is 5.11. The summed E-state index contributed by atoms with van der Waals surface area (Å²) in [5.74, 6) is 0. The van der Waals surface area contributed by atoms with Crippen LogP contribution in [0.15, 0.2) is 21.9 Å². The van der Waals surface area contributed by atoms with Gasteiger partial charge in [0.25, 0.3) is 0 Å². The van der Waals surface area contributed by atoms with Crippen molar-refractivity contribution < 1.29 is 19.6 Å². The number of rotatable bonds is 1. The third-order valence-electron chi connectivity index (χ3n) is 2.01. The zero-order valence-corrected chi connectivity index (χ0v) is 10.4. The Morgan fingerprint density at radius 2 is 2.12 bits per heavy atom. The van der Waals surface area contributed by atoms with Crippen molar-refractivity contribution in [3.63, 3.8) is 0 Å². The Balaban J connectivity index is 2.78. The first kappa shape index (κ1) is 10.1. The van der Waals surface area contributed by atoms with E-state index in [1.165, 1.54) is 0 Å². The fourth-order valence-electron chi connectivity index (χ4n) is 1.29. The van der Waals surface area contributed by atoms with Gasteiger partial charge in [0.1, 0.15) is 9.79 Å². The van der Waals surface area contributed by atoms with Crippen LogP contribution >= 0.6 is 11.6 Å². The number of hydrogen-bond donors (Lipinski definition) is 3. The minimum absolute atomic E-state index is 0.152. The Hall–Kier alpha value is -0.870. The molecule has 0 atom stereocenters. The second-order valence-corrected chi connectivity index (χ2v) is 6.77. The van der Waals surface area contributed by atoms with E-state index in [2.05, 4.69) is 5.32 Å². The normalized spacial score (nSPS) is 22.9. The molecule has 10 heteroatoms. The van der Waals surface area contributed by atoms with Gasteiger partial charge in [-0.1, -0.05) is 11.6 Å². The Kier molecular flexibility index (Phi) is 2.27. The fourth-order valence-corrected chi connectivity index (χ4v) is 3.43. The smallest absolute Gasteiger partial charge is 0.244 e. The molecule has 0 bridgehead atoms. The Morgan fingerprint density at radius 3 is 2.71 bits per heavy atom. The number of fused-ring (bicyclic) bond motifs is 1. The maximum atomic E-state index is 11.8. The van der Waals surface area contributed by atoms with E-state index in [9.17, 15) is 16.8 Å². The molecule has 0 amide bonds. The van der Waals surface area contributed by atoms with Gasteiger partial charge in [0, 0.05) is 0 Å². The summed E-state index contributed by atoms with van der Waals surface area (Å²) in [5, 5.41) is 6.84. The SMILES string of the molecule is [2H]C1([2H])Nc2cc(Cl)c(S([15NH2])(=O)=O)cc2S(=O)(=O)[15NH]1. The van der Waals surface area contributed by atoms with E-state index in [4.69, 9.17) is 19.5 Å². The van der Waals surface area contributed by atoms with Gasteiger partial charge in [-0.25, -0.2) is 22.0 Å². The van der Waals surface area contributed by atoms with Gasteiger partial charge >= 0.3 is 0 Å². The monoisotopic (exact) mass is 301 g/mol. The fraction of sp³-hybridized carbons (Fsp3) is 0.143. The number of nitrogens with one attached hydrogen (secondary N) is 2.